The Hall–Kier alpha value is -3.15. The van der Waals surface area contributed by atoms with Crippen LogP contribution < -0.4 is 20.9 Å². The summed E-state index contributed by atoms with van der Waals surface area (Å²) in [6.45, 7) is 3.01. The molecule has 1 aromatic heterocycles. The van der Waals surface area contributed by atoms with Crippen molar-refractivity contribution in [3.8, 4) is 11.4 Å². The Balaban J connectivity index is 1.37. The van der Waals surface area contributed by atoms with Gasteiger partial charge in [-0.15, -0.1) is 0 Å². The van der Waals surface area contributed by atoms with Crippen molar-refractivity contribution in [3.05, 3.63) is 75.2 Å². The average molecular weight is 576 g/mol. The number of anilines is 2. The van der Waals surface area contributed by atoms with Crippen molar-refractivity contribution in [2.75, 3.05) is 36.8 Å². The molecule has 9 nitrogen and oxygen atoms in total. The lowest BCUT2D eigenvalue weighted by Crippen LogP contribution is -2.49. The number of benzene rings is 2. The minimum Gasteiger partial charge on any atom is -0.483 e. The number of aryl methyl sites for hydroxylation is 1. The molecule has 5 rings (SSSR count). The van der Waals surface area contributed by atoms with Gasteiger partial charge in [-0.25, -0.2) is 12.8 Å². The Kier molecular flexibility index (Phi) is 7.84. The Morgan fingerprint density at radius 3 is 2.56 bits per heavy atom. The van der Waals surface area contributed by atoms with Gasteiger partial charge in [0.05, 0.1) is 17.6 Å². The quantitative estimate of drug-likeness (QED) is 0.428. The molecule has 2 atom stereocenters. The minimum absolute atomic E-state index is 0.0812. The fraction of sp³-hybridized carbons (Fsp3) is 0.407. The summed E-state index contributed by atoms with van der Waals surface area (Å²) < 4.78 is 49.0. The SMILES string of the molecule is Cc1cc(CS(=O)(=O)N2CCN(c3cnn(-c4cccc(Cl)c4)c(=O)c3O[C@H]3CC[C@@H](F)C3)CC2)ccc1N. The fourth-order valence-electron chi connectivity index (χ4n) is 5.06. The van der Waals surface area contributed by atoms with Crippen molar-refractivity contribution in [1.82, 2.24) is 14.1 Å². The van der Waals surface area contributed by atoms with Gasteiger partial charge in [-0.2, -0.15) is 14.1 Å². The van der Waals surface area contributed by atoms with Crippen molar-refractivity contribution in [3.63, 3.8) is 0 Å². The first-order valence-electron chi connectivity index (χ1n) is 12.9. The van der Waals surface area contributed by atoms with Crippen molar-refractivity contribution in [2.24, 2.45) is 0 Å². The molecule has 1 aliphatic carbocycles. The van der Waals surface area contributed by atoms with Crippen LogP contribution in [0.4, 0.5) is 15.8 Å². The predicted octanol–water partition coefficient (Wildman–Crippen LogP) is 3.70. The van der Waals surface area contributed by atoms with E-state index < -0.39 is 27.9 Å². The number of piperazine rings is 1. The number of aromatic nitrogens is 2. The highest BCUT2D eigenvalue weighted by atomic mass is 35.5. The summed E-state index contributed by atoms with van der Waals surface area (Å²) in [6.07, 6.45) is 1.27. The number of hydrogen-bond acceptors (Lipinski definition) is 7. The summed E-state index contributed by atoms with van der Waals surface area (Å²) in [5.74, 6) is -0.0380. The van der Waals surface area contributed by atoms with Gasteiger partial charge >= 0.3 is 5.56 Å². The normalized spacial score (nSPS) is 20.3. The molecule has 0 radical (unpaired) electrons. The zero-order valence-corrected chi connectivity index (χ0v) is 23.2. The van der Waals surface area contributed by atoms with Gasteiger partial charge in [0.15, 0.2) is 0 Å². The maximum Gasteiger partial charge on any atom is 0.316 e. The van der Waals surface area contributed by atoms with Gasteiger partial charge in [0.1, 0.15) is 18.0 Å². The summed E-state index contributed by atoms with van der Waals surface area (Å²) in [6, 6.07) is 12.0. The van der Waals surface area contributed by atoms with Crippen LogP contribution in [0.25, 0.3) is 5.69 Å². The standard InChI is InChI=1S/C27H31ClFN5O4S/c1-18-13-19(5-8-24(18)30)17-39(36,37)33-11-9-32(10-12-33)25-16-31-34(22-4-2-3-20(28)14-22)27(35)26(25)38-23-7-6-21(29)15-23/h2-5,8,13-14,16,21,23H,6-7,9-12,15,17,30H2,1H3/t21-,23+/m1/s1. The molecule has 1 saturated heterocycles. The first-order chi connectivity index (χ1) is 18.6. The third-order valence-electron chi connectivity index (χ3n) is 7.23. The predicted molar refractivity (Wildman–Crippen MR) is 150 cm³/mol. The van der Waals surface area contributed by atoms with E-state index in [1.807, 2.05) is 11.8 Å². The lowest BCUT2D eigenvalue weighted by atomic mass is 10.1. The van der Waals surface area contributed by atoms with Crippen LogP contribution in [-0.4, -0.2) is 61.0 Å². The number of nitrogens with two attached hydrogens (primary N) is 1. The van der Waals surface area contributed by atoms with Crippen molar-refractivity contribution >= 4 is 33.0 Å². The van der Waals surface area contributed by atoms with E-state index in [4.69, 9.17) is 22.1 Å². The zero-order valence-electron chi connectivity index (χ0n) is 21.6. The number of nitrogens with zero attached hydrogens (tertiary/aromatic N) is 4. The molecular formula is C27H31ClFN5O4S. The first-order valence-corrected chi connectivity index (χ1v) is 14.9. The van der Waals surface area contributed by atoms with E-state index in [9.17, 15) is 17.6 Å². The Labute approximate surface area is 232 Å². The number of hydrogen-bond donors (Lipinski definition) is 1. The van der Waals surface area contributed by atoms with Gasteiger partial charge in [-0.05, 0) is 55.2 Å². The molecule has 0 bridgehead atoms. The van der Waals surface area contributed by atoms with Crippen LogP contribution in [0.1, 0.15) is 30.4 Å². The topological polar surface area (TPSA) is 111 Å². The van der Waals surface area contributed by atoms with Gasteiger partial charge in [0.25, 0.3) is 0 Å². The van der Waals surface area contributed by atoms with Crippen LogP contribution in [-0.2, 0) is 15.8 Å². The highest BCUT2D eigenvalue weighted by Gasteiger charge is 2.32. The molecular weight excluding hydrogens is 545 g/mol. The minimum atomic E-state index is -3.56. The molecule has 2 aromatic carbocycles. The second-order valence-corrected chi connectivity index (χ2v) is 12.4. The Bertz CT molecular complexity index is 1520. The molecule has 0 unspecified atom stereocenters. The molecule has 0 spiro atoms. The molecule has 0 amide bonds. The van der Waals surface area contributed by atoms with E-state index in [0.29, 0.717) is 53.6 Å². The van der Waals surface area contributed by atoms with Crippen LogP contribution in [0.15, 0.2) is 53.5 Å². The van der Waals surface area contributed by atoms with E-state index in [1.165, 1.54) is 8.99 Å². The van der Waals surface area contributed by atoms with Crippen molar-refractivity contribution in [2.45, 2.75) is 44.2 Å². The molecule has 2 N–H and O–H groups in total. The molecule has 1 aliphatic heterocycles. The van der Waals surface area contributed by atoms with Crippen LogP contribution in [0.3, 0.4) is 0 Å². The van der Waals surface area contributed by atoms with E-state index in [0.717, 1.165) is 5.56 Å². The second kappa shape index (κ2) is 11.1. The molecule has 2 heterocycles. The van der Waals surface area contributed by atoms with E-state index in [1.54, 1.807) is 48.7 Å². The highest BCUT2D eigenvalue weighted by Crippen LogP contribution is 2.32. The summed E-state index contributed by atoms with van der Waals surface area (Å²) in [4.78, 5) is 15.5. The maximum atomic E-state index is 13.9. The van der Waals surface area contributed by atoms with Crippen LogP contribution in [0.5, 0.6) is 5.75 Å². The van der Waals surface area contributed by atoms with Crippen molar-refractivity contribution in [1.29, 1.82) is 0 Å². The number of halogens is 2. The van der Waals surface area contributed by atoms with Crippen molar-refractivity contribution < 1.29 is 17.5 Å². The highest BCUT2D eigenvalue weighted by molar-refractivity contribution is 7.88. The molecule has 1 saturated carbocycles. The van der Waals surface area contributed by atoms with Crippen LogP contribution >= 0.6 is 11.6 Å². The third kappa shape index (κ3) is 6.05. The summed E-state index contributed by atoms with van der Waals surface area (Å²) >= 11 is 6.13. The van der Waals surface area contributed by atoms with E-state index in [-0.39, 0.29) is 31.0 Å². The van der Waals surface area contributed by atoms with E-state index >= 15 is 0 Å². The largest absolute Gasteiger partial charge is 0.483 e. The number of alkyl halides is 1. The van der Waals surface area contributed by atoms with Crippen LogP contribution in [0.2, 0.25) is 5.02 Å². The lowest BCUT2D eigenvalue weighted by Gasteiger charge is -2.36. The van der Waals surface area contributed by atoms with E-state index in [2.05, 4.69) is 5.10 Å². The average Bonchev–Trinajstić information content (AvgIpc) is 3.32. The number of rotatable bonds is 7. The summed E-state index contributed by atoms with van der Waals surface area (Å²) in [7, 11) is -3.56. The van der Waals surface area contributed by atoms with Gasteiger partial charge in [-0.1, -0.05) is 29.8 Å². The summed E-state index contributed by atoms with van der Waals surface area (Å²) in [5, 5.41) is 4.82. The van der Waals surface area contributed by atoms with Gasteiger partial charge in [0.2, 0.25) is 15.8 Å². The van der Waals surface area contributed by atoms with Gasteiger partial charge in [-0.3, -0.25) is 4.79 Å². The zero-order chi connectivity index (χ0) is 27.7. The number of nitrogen functional groups attached to an aromatic ring is 1. The second-order valence-electron chi connectivity index (χ2n) is 10.0. The first kappa shape index (κ1) is 27.4. The summed E-state index contributed by atoms with van der Waals surface area (Å²) in [5.41, 5.74) is 8.46. The molecule has 2 fully saturated rings. The molecule has 12 heteroatoms. The Morgan fingerprint density at radius 2 is 1.90 bits per heavy atom. The fourth-order valence-corrected chi connectivity index (χ4v) is 6.74. The lowest BCUT2D eigenvalue weighted by molar-refractivity contribution is 0.193. The van der Waals surface area contributed by atoms with Gasteiger partial charge < -0.3 is 15.4 Å². The maximum absolute atomic E-state index is 13.9. The molecule has 3 aromatic rings. The third-order valence-corrected chi connectivity index (χ3v) is 9.31. The molecule has 208 valence electrons. The van der Waals surface area contributed by atoms with Gasteiger partial charge in [0, 0.05) is 43.3 Å². The smallest absolute Gasteiger partial charge is 0.316 e. The molecule has 2 aliphatic rings. The number of ether oxygens (including phenoxy) is 1. The Morgan fingerprint density at radius 1 is 1.13 bits per heavy atom. The molecule has 39 heavy (non-hydrogen) atoms. The monoisotopic (exact) mass is 575 g/mol. The number of sulfonamides is 1. The van der Waals surface area contributed by atoms with Crippen LogP contribution in [0, 0.1) is 6.92 Å².